The molecular weight excluding hydrogens is 389 g/mol. The average molecular weight is 420 g/mol. The summed E-state index contributed by atoms with van der Waals surface area (Å²) in [5.74, 6) is 0. The number of imidazole rings is 1. The molecule has 2 heterocycles. The van der Waals surface area contributed by atoms with Gasteiger partial charge in [0.1, 0.15) is 0 Å². The summed E-state index contributed by atoms with van der Waals surface area (Å²) in [4.78, 5) is 4.59. The van der Waals surface area contributed by atoms with Crippen LogP contribution in [0.15, 0.2) is 24.5 Å². The van der Waals surface area contributed by atoms with Gasteiger partial charge >= 0.3 is 152 Å². The van der Waals surface area contributed by atoms with Gasteiger partial charge < -0.3 is 0 Å². The van der Waals surface area contributed by atoms with Gasteiger partial charge in [0.15, 0.2) is 0 Å². The Balaban J connectivity index is 2.25. The zero-order valence-electron chi connectivity index (χ0n) is 15.0. The Morgan fingerprint density at radius 1 is 1.00 bits per heavy atom. The predicted molar refractivity (Wildman–Crippen MR) is 99.6 cm³/mol. The van der Waals surface area contributed by atoms with Crippen LogP contribution in [-0.2, 0) is 0 Å². The van der Waals surface area contributed by atoms with Crippen LogP contribution in [-0.4, -0.2) is 35.7 Å². The molecular formula is C19H31N3Sn. The van der Waals surface area contributed by atoms with Gasteiger partial charge in [-0.1, -0.05) is 0 Å². The van der Waals surface area contributed by atoms with Gasteiger partial charge in [0.25, 0.3) is 0 Å². The van der Waals surface area contributed by atoms with E-state index in [1.165, 1.54) is 61.5 Å². The van der Waals surface area contributed by atoms with E-state index >= 15 is 0 Å². The molecule has 0 spiro atoms. The van der Waals surface area contributed by atoms with E-state index < -0.39 is 21.1 Å². The van der Waals surface area contributed by atoms with Crippen LogP contribution in [0.2, 0.25) is 3.43 Å². The molecule has 0 aliphatic rings. The molecule has 126 valence electrons. The topological polar surface area (TPSA) is 30.2 Å². The molecule has 2 rings (SSSR count). The molecule has 0 saturated heterocycles. The SMILES string of the molecule is CCCC[C](CCCC)(CCCC)[Sn][c]1cnc2cccnn12. The summed E-state index contributed by atoms with van der Waals surface area (Å²) in [6.07, 6.45) is 16.3. The normalized spacial score (nSPS) is 12.1. The van der Waals surface area contributed by atoms with Crippen LogP contribution in [0.4, 0.5) is 0 Å². The van der Waals surface area contributed by atoms with Crippen LogP contribution in [0, 0.1) is 0 Å². The number of hydrogen-bond donors (Lipinski definition) is 0. The first kappa shape index (κ1) is 18.8. The Bertz CT molecular complexity index is 557. The van der Waals surface area contributed by atoms with Gasteiger partial charge in [-0.2, -0.15) is 0 Å². The fourth-order valence-electron chi connectivity index (χ4n) is 3.29. The molecule has 0 aliphatic carbocycles. The summed E-state index contributed by atoms with van der Waals surface area (Å²) in [5, 5.41) is 4.56. The molecule has 2 aromatic heterocycles. The van der Waals surface area contributed by atoms with Crippen molar-refractivity contribution in [2.45, 2.75) is 82.0 Å². The third kappa shape index (κ3) is 5.20. The first-order valence-electron chi connectivity index (χ1n) is 9.31. The fourth-order valence-corrected chi connectivity index (χ4v) is 8.59. The molecule has 0 aliphatic heterocycles. The molecule has 2 aromatic rings. The molecule has 23 heavy (non-hydrogen) atoms. The van der Waals surface area contributed by atoms with Crippen molar-refractivity contribution >= 4 is 30.5 Å². The Kier molecular flexibility index (Phi) is 7.87. The summed E-state index contributed by atoms with van der Waals surface area (Å²) in [5.41, 5.74) is 1.01. The zero-order chi connectivity index (χ0) is 16.5. The van der Waals surface area contributed by atoms with E-state index in [2.05, 4.69) is 47.6 Å². The summed E-state index contributed by atoms with van der Waals surface area (Å²) < 4.78 is 4.16. The van der Waals surface area contributed by atoms with Crippen molar-refractivity contribution in [3.8, 4) is 0 Å². The molecule has 0 unspecified atom stereocenters. The summed E-state index contributed by atoms with van der Waals surface area (Å²) in [6.45, 7) is 6.97. The van der Waals surface area contributed by atoms with E-state index in [9.17, 15) is 0 Å². The predicted octanol–water partition coefficient (Wildman–Crippen LogP) is 4.79. The van der Waals surface area contributed by atoms with Gasteiger partial charge in [-0.15, -0.1) is 0 Å². The van der Waals surface area contributed by atoms with Gasteiger partial charge in [-0.25, -0.2) is 0 Å². The van der Waals surface area contributed by atoms with Crippen molar-refractivity contribution < 1.29 is 0 Å². The molecule has 4 heteroatoms. The van der Waals surface area contributed by atoms with Crippen LogP contribution < -0.4 is 3.71 Å². The number of aromatic nitrogens is 3. The monoisotopic (exact) mass is 421 g/mol. The van der Waals surface area contributed by atoms with Gasteiger partial charge in [-0.05, 0) is 0 Å². The second-order valence-corrected chi connectivity index (χ2v) is 11.9. The average Bonchev–Trinajstić information content (AvgIpc) is 2.99. The second kappa shape index (κ2) is 9.65. The second-order valence-electron chi connectivity index (χ2n) is 6.65. The molecule has 0 saturated carbocycles. The quantitative estimate of drug-likeness (QED) is 0.490. The van der Waals surface area contributed by atoms with Gasteiger partial charge in [0.05, 0.1) is 0 Å². The molecule has 0 amide bonds. The van der Waals surface area contributed by atoms with Crippen LogP contribution in [0.25, 0.3) is 5.65 Å². The first-order chi connectivity index (χ1) is 11.2. The Morgan fingerprint density at radius 2 is 1.61 bits per heavy atom. The van der Waals surface area contributed by atoms with E-state index in [1.807, 2.05) is 12.3 Å². The zero-order valence-corrected chi connectivity index (χ0v) is 17.9. The number of nitrogens with zero attached hydrogens (tertiary/aromatic N) is 3. The maximum absolute atomic E-state index is 4.59. The van der Waals surface area contributed by atoms with Crippen molar-refractivity contribution in [2.24, 2.45) is 0 Å². The molecule has 3 nitrogen and oxygen atoms in total. The van der Waals surface area contributed by atoms with E-state index in [-0.39, 0.29) is 0 Å². The van der Waals surface area contributed by atoms with Crippen LogP contribution in [0.1, 0.15) is 78.6 Å². The minimum absolute atomic E-state index is 0.596. The van der Waals surface area contributed by atoms with Gasteiger partial charge in [0, 0.05) is 0 Å². The number of hydrogen-bond acceptors (Lipinski definition) is 2. The first-order valence-corrected chi connectivity index (χ1v) is 12.2. The molecule has 0 bridgehead atoms. The van der Waals surface area contributed by atoms with Crippen molar-refractivity contribution in [3.05, 3.63) is 24.5 Å². The fraction of sp³-hybridized carbons (Fsp3) is 0.684. The number of fused-ring (bicyclic) bond motifs is 1. The third-order valence-corrected chi connectivity index (χ3v) is 10.1. The van der Waals surface area contributed by atoms with E-state index in [4.69, 9.17) is 0 Å². The standard InChI is InChI=1S/C13H27.C6H4N3.Sn/c1-4-7-10-13(11-8-5-2)12-9-6-3;1-2-6-7-4-5-9(6)8-3-1;/h4-12H2,1-3H3;1-4H;. The Hall–Kier alpha value is -0.581. The van der Waals surface area contributed by atoms with Gasteiger partial charge in [-0.3, -0.25) is 0 Å². The van der Waals surface area contributed by atoms with Crippen molar-refractivity contribution in [3.63, 3.8) is 0 Å². The van der Waals surface area contributed by atoms with Crippen molar-refractivity contribution in [1.29, 1.82) is 0 Å². The molecule has 0 fully saturated rings. The molecule has 2 radical (unpaired) electrons. The van der Waals surface area contributed by atoms with Gasteiger partial charge in [0.2, 0.25) is 0 Å². The molecule has 0 N–H and O–H groups in total. The van der Waals surface area contributed by atoms with E-state index in [0.29, 0.717) is 3.43 Å². The number of unbranched alkanes of at least 4 members (excludes halogenated alkanes) is 3. The summed E-state index contributed by atoms with van der Waals surface area (Å²) >= 11 is -0.748. The molecule has 0 aromatic carbocycles. The minimum atomic E-state index is -0.748. The third-order valence-electron chi connectivity index (χ3n) is 4.70. The van der Waals surface area contributed by atoms with Crippen molar-refractivity contribution in [2.75, 3.05) is 0 Å². The Morgan fingerprint density at radius 3 is 2.17 bits per heavy atom. The van der Waals surface area contributed by atoms with Crippen LogP contribution in [0.3, 0.4) is 0 Å². The van der Waals surface area contributed by atoms with E-state index in [0.717, 1.165) is 5.65 Å². The summed E-state index contributed by atoms with van der Waals surface area (Å²) in [6, 6.07) is 4.05. The van der Waals surface area contributed by atoms with E-state index in [1.54, 1.807) is 0 Å². The molecule has 0 atom stereocenters. The Labute approximate surface area is 151 Å². The summed E-state index contributed by atoms with van der Waals surface area (Å²) in [7, 11) is 0. The van der Waals surface area contributed by atoms with Crippen LogP contribution in [0.5, 0.6) is 0 Å². The number of rotatable bonds is 11. The van der Waals surface area contributed by atoms with Crippen molar-refractivity contribution in [1.82, 2.24) is 14.6 Å². The maximum atomic E-state index is 4.59. The van der Waals surface area contributed by atoms with Crippen LogP contribution >= 0.6 is 0 Å².